The molecule has 0 unspecified atom stereocenters. The van der Waals surface area contributed by atoms with Crippen LogP contribution in [-0.2, 0) is 0 Å². The summed E-state index contributed by atoms with van der Waals surface area (Å²) in [5, 5.41) is 4.92. The molecular formula is C20H27NO2. The normalized spacial score (nSPS) is 8.61. The summed E-state index contributed by atoms with van der Waals surface area (Å²) in [5.41, 5.74) is 2.59. The molecule has 0 aliphatic rings. The molecule has 0 spiro atoms. The number of aryl methyl sites for hydroxylation is 1. The predicted molar refractivity (Wildman–Crippen MR) is 97.9 cm³/mol. The van der Waals surface area contributed by atoms with Gasteiger partial charge >= 0.3 is 0 Å². The van der Waals surface area contributed by atoms with Crippen molar-refractivity contribution in [2.75, 3.05) is 0 Å². The summed E-state index contributed by atoms with van der Waals surface area (Å²) in [6, 6.07) is 17.1. The minimum Gasteiger partial charge on any atom is -0.356 e. The lowest BCUT2D eigenvalue weighted by atomic mass is 10.2. The zero-order valence-electron chi connectivity index (χ0n) is 15.0. The number of nitrogens with zero attached hydrogens (tertiary/aromatic N) is 1. The number of carbonyl (C=O) groups excluding carboxylic acids is 1. The third-order valence-corrected chi connectivity index (χ3v) is 2.74. The maximum Gasteiger partial charge on any atom is 0.167 e. The first-order valence-corrected chi connectivity index (χ1v) is 8.05. The molecule has 1 heterocycles. The Balaban J connectivity index is 0.000000349. The van der Waals surface area contributed by atoms with E-state index < -0.39 is 0 Å². The largest absolute Gasteiger partial charge is 0.356 e. The maximum absolute atomic E-state index is 10.6. The van der Waals surface area contributed by atoms with Gasteiger partial charge in [-0.05, 0) is 26.0 Å². The number of carbonyl (C=O) groups is 1. The van der Waals surface area contributed by atoms with Crippen molar-refractivity contribution in [3.8, 4) is 0 Å². The number of benzene rings is 2. The van der Waals surface area contributed by atoms with Crippen molar-refractivity contribution < 1.29 is 9.32 Å². The fraction of sp³-hybridized carbons (Fsp3) is 0.300. The van der Waals surface area contributed by atoms with Crippen molar-refractivity contribution in [3.63, 3.8) is 0 Å². The first-order chi connectivity index (χ1) is 11.2. The number of aromatic nitrogens is 1. The third-order valence-electron chi connectivity index (χ3n) is 2.74. The topological polar surface area (TPSA) is 43.1 Å². The lowest BCUT2D eigenvalue weighted by Gasteiger charge is -1.89. The Morgan fingerprint density at radius 1 is 0.870 bits per heavy atom. The van der Waals surface area contributed by atoms with Crippen LogP contribution in [0, 0.1) is 6.92 Å². The van der Waals surface area contributed by atoms with Gasteiger partial charge in [-0.1, -0.05) is 75.3 Å². The quantitative estimate of drug-likeness (QED) is 0.511. The van der Waals surface area contributed by atoms with Gasteiger partial charge in [0.1, 0.15) is 0 Å². The summed E-state index contributed by atoms with van der Waals surface area (Å²) in [6.07, 6.45) is 0. The van der Waals surface area contributed by atoms with Crippen molar-refractivity contribution in [1.82, 2.24) is 5.16 Å². The van der Waals surface area contributed by atoms with Gasteiger partial charge < -0.3 is 4.52 Å². The van der Waals surface area contributed by atoms with E-state index in [9.17, 15) is 4.79 Å². The highest BCUT2D eigenvalue weighted by atomic mass is 16.5. The molecule has 2 aromatic carbocycles. The molecule has 0 saturated carbocycles. The van der Waals surface area contributed by atoms with Gasteiger partial charge in [0.15, 0.2) is 11.4 Å². The van der Waals surface area contributed by atoms with Crippen molar-refractivity contribution in [3.05, 3.63) is 65.9 Å². The van der Waals surface area contributed by atoms with E-state index in [4.69, 9.17) is 4.52 Å². The van der Waals surface area contributed by atoms with Gasteiger partial charge in [-0.25, -0.2) is 0 Å². The summed E-state index contributed by atoms with van der Waals surface area (Å²) in [7, 11) is 0. The molecule has 0 amide bonds. The highest BCUT2D eigenvalue weighted by molar-refractivity contribution is 5.93. The average molecular weight is 313 g/mol. The minimum atomic E-state index is 0.121. The number of fused-ring (bicyclic) bond motifs is 1. The molecule has 0 bridgehead atoms. The van der Waals surface area contributed by atoms with Crippen LogP contribution in [0.4, 0.5) is 0 Å². The lowest BCUT2D eigenvalue weighted by Crippen LogP contribution is -1.88. The van der Waals surface area contributed by atoms with E-state index >= 15 is 0 Å². The van der Waals surface area contributed by atoms with Crippen molar-refractivity contribution in [2.24, 2.45) is 0 Å². The Morgan fingerprint density at radius 2 is 1.39 bits per heavy atom. The van der Waals surface area contributed by atoms with Gasteiger partial charge in [-0.15, -0.1) is 0 Å². The van der Waals surface area contributed by atoms with Gasteiger partial charge in [0.2, 0.25) is 0 Å². The molecule has 0 aliphatic carbocycles. The molecule has 3 heteroatoms. The fourth-order valence-electron chi connectivity index (χ4n) is 1.68. The van der Waals surface area contributed by atoms with E-state index in [-0.39, 0.29) is 5.78 Å². The molecular weight excluding hydrogens is 286 g/mol. The van der Waals surface area contributed by atoms with Crippen LogP contribution in [-0.4, -0.2) is 10.9 Å². The van der Waals surface area contributed by atoms with Crippen LogP contribution >= 0.6 is 0 Å². The Kier molecular flexibility index (Phi) is 10.9. The molecule has 0 atom stereocenters. The number of rotatable bonds is 1. The molecule has 0 N–H and O–H groups in total. The van der Waals surface area contributed by atoms with Crippen LogP contribution in [0.1, 0.15) is 50.7 Å². The fourth-order valence-corrected chi connectivity index (χ4v) is 1.68. The molecule has 23 heavy (non-hydrogen) atoms. The highest BCUT2D eigenvalue weighted by Crippen LogP contribution is 2.15. The molecule has 124 valence electrons. The second kappa shape index (κ2) is 12.2. The Morgan fingerprint density at radius 3 is 1.87 bits per heavy atom. The minimum absolute atomic E-state index is 0.121. The molecule has 0 radical (unpaired) electrons. The zero-order chi connectivity index (χ0) is 17.7. The molecule has 0 saturated heterocycles. The van der Waals surface area contributed by atoms with Crippen molar-refractivity contribution >= 4 is 16.8 Å². The molecule has 3 rings (SSSR count). The SMILES string of the molecule is CC.CC.CC(=O)c1ccccc1.Cc1noc2ccccc12. The van der Waals surface area contributed by atoms with Crippen LogP contribution < -0.4 is 0 Å². The summed E-state index contributed by atoms with van der Waals surface area (Å²) >= 11 is 0. The van der Waals surface area contributed by atoms with Gasteiger partial charge in [0.25, 0.3) is 0 Å². The summed E-state index contributed by atoms with van der Waals surface area (Å²) in [4.78, 5) is 10.6. The van der Waals surface area contributed by atoms with E-state index in [0.29, 0.717) is 0 Å². The van der Waals surface area contributed by atoms with E-state index in [1.54, 1.807) is 6.92 Å². The number of hydrogen-bond donors (Lipinski definition) is 0. The van der Waals surface area contributed by atoms with E-state index in [2.05, 4.69) is 5.16 Å². The number of Topliss-reactive ketones (excluding diaryl/α,β-unsaturated/α-hetero) is 1. The highest BCUT2D eigenvalue weighted by Gasteiger charge is 1.99. The second-order valence-corrected chi connectivity index (χ2v) is 4.19. The van der Waals surface area contributed by atoms with Gasteiger partial charge in [0, 0.05) is 10.9 Å². The molecule has 0 aliphatic heterocycles. The van der Waals surface area contributed by atoms with Gasteiger partial charge in [-0.2, -0.15) is 0 Å². The number of hydrogen-bond acceptors (Lipinski definition) is 3. The Bertz CT molecular complexity index is 672. The first-order valence-electron chi connectivity index (χ1n) is 8.05. The van der Waals surface area contributed by atoms with Crippen LogP contribution in [0.2, 0.25) is 0 Å². The van der Waals surface area contributed by atoms with E-state index in [1.165, 1.54) is 0 Å². The molecule has 0 fully saturated rings. The lowest BCUT2D eigenvalue weighted by molar-refractivity contribution is 0.101. The average Bonchev–Trinajstić information content (AvgIpc) is 3.01. The van der Waals surface area contributed by atoms with Crippen LogP contribution in [0.5, 0.6) is 0 Å². The number of ketones is 1. The second-order valence-electron chi connectivity index (χ2n) is 4.19. The standard InChI is InChI=1S/C8H7NO.C8H8O.2C2H6/c1-6-7-4-2-3-5-8(7)10-9-6;1-7(9)8-5-3-2-4-6-8;2*1-2/h2-5H,1H3;2-6H,1H3;2*1-2H3. The monoisotopic (exact) mass is 313 g/mol. The van der Waals surface area contributed by atoms with Crippen LogP contribution in [0.25, 0.3) is 11.0 Å². The predicted octanol–water partition coefficient (Wildman–Crippen LogP) is 6.08. The summed E-state index contributed by atoms with van der Waals surface area (Å²) < 4.78 is 5.00. The maximum atomic E-state index is 10.6. The third kappa shape index (κ3) is 6.92. The van der Waals surface area contributed by atoms with Crippen molar-refractivity contribution in [1.29, 1.82) is 0 Å². The summed E-state index contributed by atoms with van der Waals surface area (Å²) in [5.74, 6) is 0.121. The molecule has 3 nitrogen and oxygen atoms in total. The Hall–Kier alpha value is -2.42. The first kappa shape index (κ1) is 20.6. The van der Waals surface area contributed by atoms with Gasteiger partial charge in [0.05, 0.1) is 5.69 Å². The van der Waals surface area contributed by atoms with E-state index in [0.717, 1.165) is 22.2 Å². The Labute approximate surface area is 139 Å². The zero-order valence-corrected chi connectivity index (χ0v) is 15.0. The summed E-state index contributed by atoms with van der Waals surface area (Å²) in [6.45, 7) is 11.5. The van der Waals surface area contributed by atoms with Crippen LogP contribution in [0.3, 0.4) is 0 Å². The van der Waals surface area contributed by atoms with Crippen LogP contribution in [0.15, 0.2) is 59.1 Å². The smallest absolute Gasteiger partial charge is 0.167 e. The molecule has 1 aromatic heterocycles. The van der Waals surface area contributed by atoms with Crippen molar-refractivity contribution in [2.45, 2.75) is 41.5 Å². The van der Waals surface area contributed by atoms with E-state index in [1.807, 2.05) is 89.2 Å². The number of para-hydroxylation sites is 1. The van der Waals surface area contributed by atoms with Gasteiger partial charge in [-0.3, -0.25) is 4.79 Å². The molecule has 3 aromatic rings.